The minimum absolute atomic E-state index is 0.152. The molecule has 0 saturated carbocycles. The maximum atomic E-state index is 13.1. The van der Waals surface area contributed by atoms with Crippen LogP contribution in [0.5, 0.6) is 6.01 Å². The normalized spacial score (nSPS) is 25.2. The number of carbonyl (C=O) groups is 2. The molecule has 2 bridgehead atoms. The zero-order valence-electron chi connectivity index (χ0n) is 23.9. The summed E-state index contributed by atoms with van der Waals surface area (Å²) in [5.74, 6) is 0.918. The Morgan fingerprint density at radius 3 is 2.67 bits per heavy atom. The topological polar surface area (TPSA) is 135 Å². The van der Waals surface area contributed by atoms with E-state index < -0.39 is 12.2 Å². The number of hydrogen-bond acceptors (Lipinski definition) is 9. The van der Waals surface area contributed by atoms with Gasteiger partial charge in [-0.1, -0.05) is 30.3 Å². The maximum Gasteiger partial charge on any atom is 0.410 e. The number of anilines is 1. The van der Waals surface area contributed by atoms with Gasteiger partial charge < -0.3 is 29.3 Å². The van der Waals surface area contributed by atoms with E-state index in [-0.39, 0.29) is 43.1 Å². The van der Waals surface area contributed by atoms with Crippen molar-refractivity contribution in [3.63, 3.8) is 0 Å². The predicted molar refractivity (Wildman–Crippen MR) is 152 cm³/mol. The molecule has 1 aromatic heterocycles. The molecular weight excluding hydrogens is 538 g/mol. The SMILES string of the molecule is CN1CCC[C@H]1COc1nc2c(c(N3CCN(C(=O)OCc4ccccc4)[C@@H](CC#N)C3)n1)C[C@H]1C[C@@H]2N(C(=O)O)C1. The molecule has 12 nitrogen and oxygen atoms in total. The van der Waals surface area contributed by atoms with Gasteiger partial charge in [-0.2, -0.15) is 15.2 Å². The number of benzene rings is 1. The van der Waals surface area contributed by atoms with Crippen LogP contribution in [0.2, 0.25) is 0 Å². The fraction of sp³-hybridized carbons (Fsp3) is 0.567. The Balaban J connectivity index is 1.25. The Hall–Kier alpha value is -4.11. The van der Waals surface area contributed by atoms with Crippen molar-refractivity contribution in [1.82, 2.24) is 24.7 Å². The third kappa shape index (κ3) is 5.66. The molecule has 2 aromatic rings. The second-order valence-electron chi connectivity index (χ2n) is 11.7. The highest BCUT2D eigenvalue weighted by Crippen LogP contribution is 2.46. The summed E-state index contributed by atoms with van der Waals surface area (Å²) >= 11 is 0. The molecule has 1 aromatic carbocycles. The van der Waals surface area contributed by atoms with E-state index in [1.54, 1.807) is 4.90 Å². The minimum Gasteiger partial charge on any atom is -0.465 e. The number of fused-ring (bicyclic) bond motifs is 4. The number of nitriles is 1. The van der Waals surface area contributed by atoms with Crippen molar-refractivity contribution >= 4 is 18.0 Å². The largest absolute Gasteiger partial charge is 0.465 e. The zero-order chi connectivity index (χ0) is 29.2. The van der Waals surface area contributed by atoms with Gasteiger partial charge in [0.2, 0.25) is 0 Å². The van der Waals surface area contributed by atoms with Gasteiger partial charge >= 0.3 is 18.2 Å². The van der Waals surface area contributed by atoms with Crippen LogP contribution in [0.3, 0.4) is 0 Å². The Bertz CT molecular complexity index is 1350. The van der Waals surface area contributed by atoms with Crippen molar-refractivity contribution in [2.75, 3.05) is 51.3 Å². The lowest BCUT2D eigenvalue weighted by molar-refractivity contribution is 0.0767. The summed E-state index contributed by atoms with van der Waals surface area (Å²) < 4.78 is 11.8. The van der Waals surface area contributed by atoms with E-state index in [0.717, 1.165) is 42.8 Å². The van der Waals surface area contributed by atoms with Gasteiger partial charge in [0.15, 0.2) is 0 Å². The molecule has 3 aliphatic heterocycles. The van der Waals surface area contributed by atoms with Gasteiger partial charge in [0.05, 0.1) is 30.3 Å². The lowest BCUT2D eigenvalue weighted by atomic mass is 9.87. The van der Waals surface area contributed by atoms with Crippen molar-refractivity contribution in [3.8, 4) is 12.1 Å². The van der Waals surface area contributed by atoms with Gasteiger partial charge in [0.1, 0.15) is 19.0 Å². The molecule has 4 heterocycles. The molecule has 4 aliphatic rings. The number of amides is 2. The van der Waals surface area contributed by atoms with Crippen LogP contribution < -0.4 is 9.64 Å². The van der Waals surface area contributed by atoms with E-state index in [1.165, 1.54) is 4.90 Å². The van der Waals surface area contributed by atoms with Crippen LogP contribution in [0.4, 0.5) is 15.4 Å². The number of aromatic nitrogens is 2. The highest BCUT2D eigenvalue weighted by atomic mass is 16.6. The summed E-state index contributed by atoms with van der Waals surface area (Å²) in [6.45, 7) is 3.39. The van der Waals surface area contributed by atoms with Crippen LogP contribution in [0.25, 0.3) is 0 Å². The average molecular weight is 576 g/mol. The van der Waals surface area contributed by atoms with E-state index in [4.69, 9.17) is 19.4 Å². The molecule has 4 atom stereocenters. The lowest BCUT2D eigenvalue weighted by Crippen LogP contribution is -2.55. The zero-order valence-corrected chi connectivity index (χ0v) is 23.9. The van der Waals surface area contributed by atoms with Crippen LogP contribution in [-0.4, -0.2) is 100 Å². The number of piperazine rings is 1. The Morgan fingerprint density at radius 1 is 1.10 bits per heavy atom. The van der Waals surface area contributed by atoms with Crippen LogP contribution >= 0.6 is 0 Å². The van der Waals surface area contributed by atoms with Gasteiger partial charge in [0, 0.05) is 37.8 Å². The summed E-state index contributed by atoms with van der Waals surface area (Å²) in [6.07, 6.45) is 2.35. The maximum absolute atomic E-state index is 13.1. The first-order valence-electron chi connectivity index (χ1n) is 14.7. The standard InChI is InChI=1S/C30H37N7O5/c1-34-11-5-8-23(34)19-41-28-32-26-24(14-21-15-25(26)37(16-21)29(38)39)27(33-28)35-12-13-36(22(17-35)9-10-31)30(40)42-18-20-6-3-2-4-7-20/h2-4,6-7,21-23,25H,5,8-9,11-19H2,1H3,(H,38,39)/t21-,22-,23-,25-/m0/s1. The summed E-state index contributed by atoms with van der Waals surface area (Å²) in [7, 11) is 2.09. The van der Waals surface area contributed by atoms with Crippen molar-refractivity contribution in [2.45, 2.75) is 56.8 Å². The van der Waals surface area contributed by atoms with Crippen LogP contribution in [-0.2, 0) is 17.8 Å². The molecule has 0 spiro atoms. The van der Waals surface area contributed by atoms with E-state index in [9.17, 15) is 20.0 Å². The number of ether oxygens (including phenoxy) is 2. The van der Waals surface area contributed by atoms with Crippen LogP contribution in [0, 0.1) is 17.2 Å². The molecular formula is C30H37N7O5. The highest BCUT2D eigenvalue weighted by molar-refractivity contribution is 5.69. The van der Waals surface area contributed by atoms with E-state index in [1.807, 2.05) is 30.3 Å². The lowest BCUT2D eigenvalue weighted by Gasteiger charge is -2.41. The van der Waals surface area contributed by atoms with Crippen molar-refractivity contribution < 1.29 is 24.2 Å². The van der Waals surface area contributed by atoms with Gasteiger partial charge in [-0.25, -0.2) is 9.59 Å². The molecule has 0 radical (unpaired) electrons. The Morgan fingerprint density at radius 2 is 1.93 bits per heavy atom. The fourth-order valence-electron chi connectivity index (χ4n) is 6.83. The molecule has 222 valence electrons. The third-order valence-electron chi connectivity index (χ3n) is 9.06. The quantitative estimate of drug-likeness (QED) is 0.524. The Labute approximate surface area is 245 Å². The average Bonchev–Trinajstić information content (AvgIpc) is 3.58. The molecule has 0 unspecified atom stereocenters. The summed E-state index contributed by atoms with van der Waals surface area (Å²) in [4.78, 5) is 42.4. The van der Waals surface area contributed by atoms with Gasteiger partial charge in [-0.3, -0.25) is 4.90 Å². The number of nitrogens with zero attached hydrogens (tertiary/aromatic N) is 7. The number of hydrogen-bond donors (Lipinski definition) is 1. The van der Waals surface area contributed by atoms with Crippen molar-refractivity contribution in [3.05, 3.63) is 47.2 Å². The number of likely N-dealkylation sites (tertiary alicyclic amines) is 2. The number of rotatable bonds is 7. The van der Waals surface area contributed by atoms with Crippen LogP contribution in [0.15, 0.2) is 30.3 Å². The van der Waals surface area contributed by atoms with Crippen LogP contribution in [0.1, 0.15) is 48.5 Å². The number of likely N-dealkylation sites (N-methyl/N-ethyl adjacent to an activating group) is 1. The van der Waals surface area contributed by atoms with Crippen molar-refractivity contribution in [2.24, 2.45) is 5.92 Å². The third-order valence-corrected chi connectivity index (χ3v) is 9.06. The molecule has 12 heteroatoms. The second kappa shape index (κ2) is 12.0. The highest BCUT2D eigenvalue weighted by Gasteiger charge is 2.45. The molecule has 3 saturated heterocycles. The second-order valence-corrected chi connectivity index (χ2v) is 11.7. The van der Waals surface area contributed by atoms with Gasteiger partial charge in [0.25, 0.3) is 0 Å². The molecule has 6 rings (SSSR count). The van der Waals surface area contributed by atoms with E-state index in [2.05, 4.69) is 22.9 Å². The summed E-state index contributed by atoms with van der Waals surface area (Å²) in [5, 5.41) is 19.5. The first-order valence-corrected chi connectivity index (χ1v) is 14.7. The molecule has 3 fully saturated rings. The Kier molecular flexibility index (Phi) is 8.02. The van der Waals surface area contributed by atoms with Gasteiger partial charge in [-0.15, -0.1) is 0 Å². The molecule has 2 amide bonds. The van der Waals surface area contributed by atoms with Crippen molar-refractivity contribution in [1.29, 1.82) is 5.26 Å². The fourth-order valence-corrected chi connectivity index (χ4v) is 6.83. The first kappa shape index (κ1) is 28.0. The smallest absolute Gasteiger partial charge is 0.410 e. The molecule has 42 heavy (non-hydrogen) atoms. The summed E-state index contributed by atoms with van der Waals surface area (Å²) in [6, 6.07) is 11.6. The molecule has 1 N–H and O–H groups in total. The monoisotopic (exact) mass is 575 g/mol. The van der Waals surface area contributed by atoms with E-state index >= 15 is 0 Å². The number of carbonyl (C=O) groups excluding carboxylic acids is 1. The number of carboxylic acid groups (broad SMARTS) is 1. The first-order chi connectivity index (χ1) is 20.4. The minimum atomic E-state index is -0.942. The molecule has 1 aliphatic carbocycles. The van der Waals surface area contributed by atoms with Gasteiger partial charge in [-0.05, 0) is 50.8 Å². The summed E-state index contributed by atoms with van der Waals surface area (Å²) in [5.41, 5.74) is 2.56. The van der Waals surface area contributed by atoms with E-state index in [0.29, 0.717) is 44.9 Å². The predicted octanol–water partition coefficient (Wildman–Crippen LogP) is 3.29.